The van der Waals surface area contributed by atoms with Crippen molar-refractivity contribution in [3.05, 3.63) is 41.9 Å². The van der Waals surface area contributed by atoms with Gasteiger partial charge in [0.25, 0.3) is 0 Å². The van der Waals surface area contributed by atoms with Crippen LogP contribution in [0.1, 0.15) is 30.5 Å². The Labute approximate surface area is 149 Å². The summed E-state index contributed by atoms with van der Waals surface area (Å²) in [6, 6.07) is 8.25. The molecular weight excluding hydrogens is 314 g/mol. The van der Waals surface area contributed by atoms with Gasteiger partial charge in [-0.05, 0) is 43.7 Å². The van der Waals surface area contributed by atoms with Gasteiger partial charge in [0.2, 0.25) is 0 Å². The van der Waals surface area contributed by atoms with Crippen LogP contribution in [-0.2, 0) is 12.8 Å². The maximum absolute atomic E-state index is 5.96. The lowest BCUT2D eigenvalue weighted by Gasteiger charge is -2.28. The van der Waals surface area contributed by atoms with Crippen molar-refractivity contribution in [2.45, 2.75) is 32.1 Å². The molecule has 0 amide bonds. The highest BCUT2D eigenvalue weighted by Crippen LogP contribution is 2.32. The van der Waals surface area contributed by atoms with Crippen LogP contribution in [0.15, 0.2) is 30.6 Å². The quantitative estimate of drug-likeness (QED) is 0.855. The summed E-state index contributed by atoms with van der Waals surface area (Å²) >= 11 is 0. The van der Waals surface area contributed by atoms with E-state index >= 15 is 0 Å². The third-order valence-corrected chi connectivity index (χ3v) is 5.14. The molecule has 0 N–H and O–H groups in total. The van der Waals surface area contributed by atoms with Gasteiger partial charge < -0.3 is 14.4 Å². The molecule has 132 valence electrons. The fourth-order valence-corrected chi connectivity index (χ4v) is 3.76. The van der Waals surface area contributed by atoms with Crippen LogP contribution < -0.4 is 14.4 Å². The highest BCUT2D eigenvalue weighted by molar-refractivity contribution is 5.42. The molecule has 1 saturated heterocycles. The molecule has 0 aliphatic carbocycles. The molecule has 4 rings (SSSR count). The Hall–Kier alpha value is -2.30. The van der Waals surface area contributed by atoms with Crippen LogP contribution in [0.5, 0.6) is 11.5 Å². The number of hydrogen-bond donors (Lipinski definition) is 0. The zero-order chi connectivity index (χ0) is 17.1. The van der Waals surface area contributed by atoms with Crippen molar-refractivity contribution in [3.63, 3.8) is 0 Å². The van der Waals surface area contributed by atoms with Gasteiger partial charge in [0, 0.05) is 36.8 Å². The highest BCUT2D eigenvalue weighted by Gasteiger charge is 2.22. The molecule has 25 heavy (non-hydrogen) atoms. The van der Waals surface area contributed by atoms with Gasteiger partial charge in [0.1, 0.15) is 23.6 Å². The molecule has 5 heteroatoms. The molecule has 5 nitrogen and oxygen atoms in total. The smallest absolute Gasteiger partial charge is 0.132 e. The standard InChI is InChI=1S/C20H25N3O2/c1-24-18-6-5-16-9-15(13-25-19(16)12-18)10-17-11-20(22-14-21-17)23-7-3-2-4-8-23/h5-6,11-12,14-15H,2-4,7-10,13H2,1H3. The average Bonchev–Trinajstić information content (AvgIpc) is 2.68. The summed E-state index contributed by atoms with van der Waals surface area (Å²) in [7, 11) is 1.68. The summed E-state index contributed by atoms with van der Waals surface area (Å²) in [6.45, 7) is 2.94. The monoisotopic (exact) mass is 339 g/mol. The van der Waals surface area contributed by atoms with E-state index in [1.165, 1.54) is 24.8 Å². The summed E-state index contributed by atoms with van der Waals surface area (Å²) in [4.78, 5) is 11.4. The fraction of sp³-hybridized carbons (Fsp3) is 0.500. The van der Waals surface area contributed by atoms with Gasteiger partial charge >= 0.3 is 0 Å². The molecule has 1 fully saturated rings. The molecule has 2 aromatic rings. The molecule has 2 aliphatic heterocycles. The summed E-state index contributed by atoms with van der Waals surface area (Å²) in [6.07, 6.45) is 7.50. The van der Waals surface area contributed by atoms with E-state index in [9.17, 15) is 0 Å². The third kappa shape index (κ3) is 3.70. The van der Waals surface area contributed by atoms with Gasteiger partial charge in [0.05, 0.1) is 13.7 Å². The second-order valence-electron chi connectivity index (χ2n) is 6.97. The van der Waals surface area contributed by atoms with E-state index in [1.54, 1.807) is 13.4 Å². The third-order valence-electron chi connectivity index (χ3n) is 5.14. The van der Waals surface area contributed by atoms with Crippen LogP contribution in [0.2, 0.25) is 0 Å². The topological polar surface area (TPSA) is 47.5 Å². The number of benzene rings is 1. The minimum Gasteiger partial charge on any atom is -0.497 e. The van der Waals surface area contributed by atoms with E-state index in [0.29, 0.717) is 5.92 Å². The van der Waals surface area contributed by atoms with E-state index in [4.69, 9.17) is 9.47 Å². The first-order valence-electron chi connectivity index (χ1n) is 9.17. The molecule has 1 aromatic carbocycles. The van der Waals surface area contributed by atoms with E-state index in [-0.39, 0.29) is 0 Å². The van der Waals surface area contributed by atoms with E-state index < -0.39 is 0 Å². The number of nitrogens with zero attached hydrogens (tertiary/aromatic N) is 3. The maximum atomic E-state index is 5.96. The number of methoxy groups -OCH3 is 1. The Morgan fingerprint density at radius 1 is 1.16 bits per heavy atom. The zero-order valence-corrected chi connectivity index (χ0v) is 14.8. The van der Waals surface area contributed by atoms with Crippen LogP contribution in [0.25, 0.3) is 0 Å². The number of hydrogen-bond acceptors (Lipinski definition) is 5. The molecule has 0 spiro atoms. The first-order valence-corrected chi connectivity index (χ1v) is 9.17. The van der Waals surface area contributed by atoms with Crippen molar-refractivity contribution >= 4 is 5.82 Å². The van der Waals surface area contributed by atoms with Crippen molar-refractivity contribution in [2.75, 3.05) is 31.7 Å². The van der Waals surface area contributed by atoms with Crippen LogP contribution in [0.3, 0.4) is 0 Å². The van der Waals surface area contributed by atoms with Crippen LogP contribution in [-0.4, -0.2) is 36.8 Å². The van der Waals surface area contributed by atoms with Gasteiger partial charge in [-0.3, -0.25) is 0 Å². The minimum absolute atomic E-state index is 0.449. The van der Waals surface area contributed by atoms with E-state index in [0.717, 1.165) is 55.5 Å². The molecule has 1 atom stereocenters. The fourth-order valence-electron chi connectivity index (χ4n) is 3.76. The molecule has 0 radical (unpaired) electrons. The SMILES string of the molecule is COc1ccc2c(c1)OCC(Cc1cc(N3CCCCC3)ncn1)C2. The molecule has 0 saturated carbocycles. The number of piperidine rings is 1. The van der Waals surface area contributed by atoms with Gasteiger partial charge in [-0.2, -0.15) is 0 Å². The van der Waals surface area contributed by atoms with Crippen LogP contribution >= 0.6 is 0 Å². The van der Waals surface area contributed by atoms with Crippen molar-refractivity contribution in [1.82, 2.24) is 9.97 Å². The predicted molar refractivity (Wildman–Crippen MR) is 97.5 cm³/mol. The first-order chi connectivity index (χ1) is 12.3. The van der Waals surface area contributed by atoms with Crippen molar-refractivity contribution in [3.8, 4) is 11.5 Å². The molecule has 2 aliphatic rings. The van der Waals surface area contributed by atoms with Gasteiger partial charge in [-0.1, -0.05) is 6.07 Å². The second kappa shape index (κ2) is 7.30. The Balaban J connectivity index is 1.44. The molecule has 0 bridgehead atoms. The van der Waals surface area contributed by atoms with Crippen LogP contribution in [0.4, 0.5) is 5.82 Å². The lowest BCUT2D eigenvalue weighted by molar-refractivity contribution is 0.219. The number of aromatic nitrogens is 2. The lowest BCUT2D eigenvalue weighted by atomic mass is 9.92. The molecule has 1 aromatic heterocycles. The average molecular weight is 339 g/mol. The number of anilines is 1. The number of rotatable bonds is 4. The summed E-state index contributed by atoms with van der Waals surface area (Å²) in [5, 5.41) is 0. The van der Waals surface area contributed by atoms with Gasteiger partial charge in [-0.25, -0.2) is 9.97 Å². The van der Waals surface area contributed by atoms with Gasteiger partial charge in [-0.15, -0.1) is 0 Å². The van der Waals surface area contributed by atoms with Crippen molar-refractivity contribution in [2.24, 2.45) is 5.92 Å². The Bertz CT molecular complexity index is 729. The minimum atomic E-state index is 0.449. The number of ether oxygens (including phenoxy) is 2. The summed E-state index contributed by atoms with van der Waals surface area (Å²) < 4.78 is 11.2. The van der Waals surface area contributed by atoms with Crippen LogP contribution in [0, 0.1) is 5.92 Å². The Morgan fingerprint density at radius 2 is 2.04 bits per heavy atom. The summed E-state index contributed by atoms with van der Waals surface area (Å²) in [5.74, 6) is 3.32. The largest absolute Gasteiger partial charge is 0.497 e. The zero-order valence-electron chi connectivity index (χ0n) is 14.8. The van der Waals surface area contributed by atoms with Crippen molar-refractivity contribution in [1.29, 1.82) is 0 Å². The second-order valence-corrected chi connectivity index (χ2v) is 6.97. The molecule has 1 unspecified atom stereocenters. The summed E-state index contributed by atoms with van der Waals surface area (Å²) in [5.41, 5.74) is 2.36. The van der Waals surface area contributed by atoms with E-state index in [2.05, 4.69) is 27.0 Å². The first kappa shape index (κ1) is 16.2. The Morgan fingerprint density at radius 3 is 2.88 bits per heavy atom. The normalized spacial score (nSPS) is 19.9. The highest BCUT2D eigenvalue weighted by atomic mass is 16.5. The number of fused-ring (bicyclic) bond motifs is 1. The van der Waals surface area contributed by atoms with E-state index in [1.807, 2.05) is 12.1 Å². The van der Waals surface area contributed by atoms with Crippen molar-refractivity contribution < 1.29 is 9.47 Å². The maximum Gasteiger partial charge on any atom is 0.132 e. The predicted octanol–water partition coefficient (Wildman–Crippen LogP) is 3.27. The van der Waals surface area contributed by atoms with Gasteiger partial charge in [0.15, 0.2) is 0 Å². The Kier molecular flexibility index (Phi) is 4.72. The lowest BCUT2D eigenvalue weighted by Crippen LogP contribution is -2.30. The molecule has 3 heterocycles. The molecular formula is C20H25N3O2.